The molecule has 0 aliphatic heterocycles. The maximum Gasteiger partial charge on any atom is 0.267 e. The van der Waals surface area contributed by atoms with Gasteiger partial charge in [-0.05, 0) is 12.1 Å². The first kappa shape index (κ1) is 13.3. The Labute approximate surface area is 134 Å². The molecule has 0 bridgehead atoms. The van der Waals surface area contributed by atoms with Crippen molar-refractivity contribution in [2.75, 3.05) is 5.32 Å². The van der Waals surface area contributed by atoms with E-state index in [0.717, 1.165) is 21.0 Å². The zero-order chi connectivity index (χ0) is 15.1. The van der Waals surface area contributed by atoms with Crippen LogP contribution in [0.5, 0.6) is 0 Å². The molecule has 4 aromatic rings. The Hall–Kier alpha value is -2.37. The van der Waals surface area contributed by atoms with Crippen LogP contribution in [0.3, 0.4) is 0 Å². The first-order valence-electron chi connectivity index (χ1n) is 6.64. The maximum absolute atomic E-state index is 12.6. The third-order valence-electron chi connectivity index (χ3n) is 3.47. The summed E-state index contributed by atoms with van der Waals surface area (Å²) in [5, 5.41) is 12.1. The van der Waals surface area contributed by atoms with Gasteiger partial charge in [0.25, 0.3) is 5.91 Å². The number of H-pyrrole nitrogens is 1. The number of nitrogens with one attached hydrogen (secondary N) is 2. The minimum absolute atomic E-state index is 0.215. The Morgan fingerprint density at radius 1 is 1.18 bits per heavy atom. The molecule has 0 aliphatic rings. The van der Waals surface area contributed by atoms with Crippen molar-refractivity contribution in [1.29, 1.82) is 0 Å². The minimum atomic E-state index is -0.215. The summed E-state index contributed by atoms with van der Waals surface area (Å²) in [5.41, 5.74) is 1.49. The number of fused-ring (bicyclic) bond motifs is 2. The predicted molar refractivity (Wildman–Crippen MR) is 90.9 cm³/mol. The number of aromatic amines is 1. The maximum atomic E-state index is 12.6. The second-order valence-corrected chi connectivity index (χ2v) is 6.27. The van der Waals surface area contributed by atoms with Crippen LogP contribution in [0.4, 0.5) is 5.69 Å². The zero-order valence-corrected chi connectivity index (χ0v) is 12.8. The van der Waals surface area contributed by atoms with Crippen LogP contribution in [-0.2, 0) is 0 Å². The summed E-state index contributed by atoms with van der Waals surface area (Å²) in [4.78, 5) is 13.1. The zero-order valence-electron chi connectivity index (χ0n) is 11.3. The SMILES string of the molecule is O=C(Nc1cccc2cn[nH]c12)c1sc2ccccc2c1Cl. The van der Waals surface area contributed by atoms with Crippen molar-refractivity contribution in [1.82, 2.24) is 10.2 Å². The van der Waals surface area contributed by atoms with E-state index in [1.165, 1.54) is 11.3 Å². The highest BCUT2D eigenvalue weighted by Gasteiger charge is 2.17. The first-order chi connectivity index (χ1) is 10.7. The van der Waals surface area contributed by atoms with Gasteiger partial charge in [0.2, 0.25) is 0 Å². The van der Waals surface area contributed by atoms with Crippen LogP contribution >= 0.6 is 22.9 Å². The van der Waals surface area contributed by atoms with Gasteiger partial charge in [-0.1, -0.05) is 41.9 Å². The van der Waals surface area contributed by atoms with Gasteiger partial charge in [-0.3, -0.25) is 9.89 Å². The lowest BCUT2D eigenvalue weighted by atomic mass is 10.2. The number of amides is 1. The molecular formula is C16H10ClN3OS. The molecule has 0 unspecified atom stereocenters. The highest BCUT2D eigenvalue weighted by molar-refractivity contribution is 7.21. The molecule has 22 heavy (non-hydrogen) atoms. The molecule has 0 saturated carbocycles. The van der Waals surface area contributed by atoms with Crippen molar-refractivity contribution in [3.63, 3.8) is 0 Å². The lowest BCUT2D eigenvalue weighted by Crippen LogP contribution is -2.11. The number of rotatable bonds is 2. The summed E-state index contributed by atoms with van der Waals surface area (Å²) >= 11 is 7.73. The largest absolute Gasteiger partial charge is 0.319 e. The van der Waals surface area contributed by atoms with Crippen molar-refractivity contribution in [2.24, 2.45) is 0 Å². The molecule has 4 nitrogen and oxygen atoms in total. The molecule has 4 rings (SSSR count). The average Bonchev–Trinajstić information content (AvgIpc) is 3.13. The second kappa shape index (κ2) is 5.12. The number of anilines is 1. The molecule has 1 amide bonds. The van der Waals surface area contributed by atoms with Gasteiger partial charge >= 0.3 is 0 Å². The van der Waals surface area contributed by atoms with E-state index >= 15 is 0 Å². The molecule has 0 fully saturated rings. The summed E-state index contributed by atoms with van der Waals surface area (Å²) in [7, 11) is 0. The smallest absolute Gasteiger partial charge is 0.267 e. The summed E-state index contributed by atoms with van der Waals surface area (Å²) in [6, 6.07) is 13.4. The number of hydrogen-bond acceptors (Lipinski definition) is 3. The first-order valence-corrected chi connectivity index (χ1v) is 7.84. The van der Waals surface area contributed by atoms with Gasteiger partial charge in [0.15, 0.2) is 0 Å². The number of nitrogens with zero attached hydrogens (tertiary/aromatic N) is 1. The fourth-order valence-electron chi connectivity index (χ4n) is 2.41. The second-order valence-electron chi connectivity index (χ2n) is 4.84. The number of aromatic nitrogens is 2. The van der Waals surface area contributed by atoms with Crippen molar-refractivity contribution >= 4 is 55.5 Å². The monoisotopic (exact) mass is 327 g/mol. The number of benzene rings is 2. The molecule has 0 aliphatic carbocycles. The highest BCUT2D eigenvalue weighted by atomic mass is 35.5. The van der Waals surface area contributed by atoms with Crippen LogP contribution in [0.15, 0.2) is 48.7 Å². The van der Waals surface area contributed by atoms with Gasteiger partial charge < -0.3 is 5.32 Å². The number of halogens is 1. The molecular weight excluding hydrogens is 318 g/mol. The van der Waals surface area contributed by atoms with Crippen LogP contribution < -0.4 is 5.32 Å². The Balaban J connectivity index is 1.75. The summed E-state index contributed by atoms with van der Waals surface area (Å²) in [6.45, 7) is 0. The molecule has 2 heterocycles. The van der Waals surface area contributed by atoms with E-state index < -0.39 is 0 Å². The molecule has 0 radical (unpaired) electrons. The summed E-state index contributed by atoms with van der Waals surface area (Å²) < 4.78 is 0.998. The van der Waals surface area contributed by atoms with Crippen LogP contribution in [0.1, 0.15) is 9.67 Å². The van der Waals surface area contributed by atoms with E-state index in [0.29, 0.717) is 15.6 Å². The molecule has 0 atom stereocenters. The van der Waals surface area contributed by atoms with E-state index in [1.54, 1.807) is 6.20 Å². The van der Waals surface area contributed by atoms with Crippen LogP contribution in [0, 0.1) is 0 Å². The van der Waals surface area contributed by atoms with Gasteiger partial charge in [0.05, 0.1) is 22.4 Å². The minimum Gasteiger partial charge on any atom is -0.319 e. The predicted octanol–water partition coefficient (Wildman–Crippen LogP) is 4.68. The van der Waals surface area contributed by atoms with E-state index in [4.69, 9.17) is 11.6 Å². The van der Waals surface area contributed by atoms with Crippen LogP contribution in [-0.4, -0.2) is 16.1 Å². The molecule has 0 spiro atoms. The lowest BCUT2D eigenvalue weighted by molar-refractivity contribution is 0.103. The Kier molecular flexibility index (Phi) is 3.10. The number of carbonyl (C=O) groups is 1. The molecule has 108 valence electrons. The van der Waals surface area contributed by atoms with Gasteiger partial charge in [-0.2, -0.15) is 5.10 Å². The average molecular weight is 328 g/mol. The Morgan fingerprint density at radius 3 is 2.91 bits per heavy atom. The highest BCUT2D eigenvalue weighted by Crippen LogP contribution is 2.35. The van der Waals surface area contributed by atoms with Gasteiger partial charge in [0, 0.05) is 15.5 Å². The Morgan fingerprint density at radius 2 is 2.05 bits per heavy atom. The third-order valence-corrected chi connectivity index (χ3v) is 5.14. The molecule has 2 N–H and O–H groups in total. The summed E-state index contributed by atoms with van der Waals surface area (Å²) in [5.74, 6) is -0.215. The van der Waals surface area contributed by atoms with Crippen molar-refractivity contribution < 1.29 is 4.79 Å². The molecule has 6 heteroatoms. The number of para-hydroxylation sites is 1. The van der Waals surface area contributed by atoms with Crippen LogP contribution in [0.25, 0.3) is 21.0 Å². The number of hydrogen-bond donors (Lipinski definition) is 2. The third kappa shape index (κ3) is 2.06. The number of carbonyl (C=O) groups excluding carboxylic acids is 1. The normalized spacial score (nSPS) is 11.1. The van der Waals surface area contributed by atoms with Gasteiger partial charge in [0.1, 0.15) is 4.88 Å². The molecule has 2 aromatic carbocycles. The molecule has 2 aromatic heterocycles. The fourth-order valence-corrected chi connectivity index (χ4v) is 3.82. The number of thiophene rings is 1. The Bertz CT molecular complexity index is 1000. The topological polar surface area (TPSA) is 57.8 Å². The lowest BCUT2D eigenvalue weighted by Gasteiger charge is -2.05. The van der Waals surface area contributed by atoms with E-state index in [9.17, 15) is 4.79 Å². The van der Waals surface area contributed by atoms with E-state index in [2.05, 4.69) is 15.5 Å². The van der Waals surface area contributed by atoms with E-state index in [1.807, 2.05) is 42.5 Å². The van der Waals surface area contributed by atoms with Crippen molar-refractivity contribution in [3.8, 4) is 0 Å². The summed E-state index contributed by atoms with van der Waals surface area (Å²) in [6.07, 6.45) is 1.72. The standard InChI is InChI=1S/C16H10ClN3OS/c17-13-10-5-1-2-7-12(10)22-15(13)16(21)19-11-6-3-4-9-8-18-20-14(9)11/h1-8H,(H,18,20)(H,19,21). The van der Waals surface area contributed by atoms with Crippen molar-refractivity contribution in [2.45, 2.75) is 0 Å². The molecule has 0 saturated heterocycles. The van der Waals surface area contributed by atoms with E-state index in [-0.39, 0.29) is 5.91 Å². The fraction of sp³-hybridized carbons (Fsp3) is 0. The van der Waals surface area contributed by atoms with Crippen molar-refractivity contribution in [3.05, 3.63) is 58.6 Å². The van der Waals surface area contributed by atoms with Gasteiger partial charge in [-0.25, -0.2) is 0 Å². The van der Waals surface area contributed by atoms with Crippen LogP contribution in [0.2, 0.25) is 5.02 Å². The van der Waals surface area contributed by atoms with Gasteiger partial charge in [-0.15, -0.1) is 11.3 Å². The quantitative estimate of drug-likeness (QED) is 0.561.